The van der Waals surface area contributed by atoms with Gasteiger partial charge in [-0.15, -0.1) is 0 Å². The van der Waals surface area contributed by atoms with Crippen molar-refractivity contribution in [1.82, 2.24) is 5.32 Å². The third kappa shape index (κ3) is 3.73. The van der Waals surface area contributed by atoms with Crippen molar-refractivity contribution in [3.63, 3.8) is 0 Å². The third-order valence-corrected chi connectivity index (χ3v) is 4.47. The molecule has 0 radical (unpaired) electrons. The zero-order chi connectivity index (χ0) is 13.0. The van der Waals surface area contributed by atoms with E-state index >= 15 is 0 Å². The molecule has 0 bridgehead atoms. The molecule has 0 rings (SSSR count). The second-order valence-corrected chi connectivity index (χ2v) is 6.46. The lowest BCUT2D eigenvalue weighted by molar-refractivity contribution is -0.129. The first-order chi connectivity index (χ1) is 7.16. The van der Waals surface area contributed by atoms with Gasteiger partial charge in [0.25, 0.3) is 0 Å². The summed E-state index contributed by atoms with van der Waals surface area (Å²) >= 11 is 0. The summed E-state index contributed by atoms with van der Waals surface area (Å²) in [6.45, 7) is 2.81. The van der Waals surface area contributed by atoms with Crippen molar-refractivity contribution >= 4 is 15.7 Å². The SMILES string of the molecule is COC(CNC(=O)C(C)(C)S(C)(=O)=O)OC. The Hall–Kier alpha value is -0.660. The molecular weight excluding hydrogens is 234 g/mol. The van der Waals surface area contributed by atoms with E-state index in [0.29, 0.717) is 0 Å². The minimum Gasteiger partial charge on any atom is -0.354 e. The van der Waals surface area contributed by atoms with Crippen LogP contribution in [0.4, 0.5) is 0 Å². The summed E-state index contributed by atoms with van der Waals surface area (Å²) < 4.78 is 31.0. The molecule has 0 aliphatic rings. The predicted molar refractivity (Wildman–Crippen MR) is 59.7 cm³/mol. The van der Waals surface area contributed by atoms with Crippen LogP contribution in [0, 0.1) is 0 Å². The van der Waals surface area contributed by atoms with Gasteiger partial charge in [0.2, 0.25) is 5.91 Å². The van der Waals surface area contributed by atoms with Gasteiger partial charge < -0.3 is 14.8 Å². The molecule has 0 aromatic heterocycles. The summed E-state index contributed by atoms with van der Waals surface area (Å²) in [6.07, 6.45) is 0.441. The van der Waals surface area contributed by atoms with Gasteiger partial charge in [0.15, 0.2) is 16.1 Å². The van der Waals surface area contributed by atoms with Crippen LogP contribution in [0.1, 0.15) is 13.8 Å². The first-order valence-corrected chi connectivity index (χ1v) is 6.59. The molecule has 0 saturated carbocycles. The molecule has 16 heavy (non-hydrogen) atoms. The molecule has 0 atom stereocenters. The van der Waals surface area contributed by atoms with E-state index in [1.807, 2.05) is 0 Å². The van der Waals surface area contributed by atoms with Gasteiger partial charge in [0.05, 0.1) is 6.54 Å². The van der Waals surface area contributed by atoms with Crippen LogP contribution in [0.15, 0.2) is 0 Å². The minimum atomic E-state index is -3.46. The maximum Gasteiger partial charge on any atom is 0.241 e. The summed E-state index contributed by atoms with van der Waals surface area (Å²) in [5, 5.41) is 2.46. The number of nitrogens with one attached hydrogen (secondary N) is 1. The van der Waals surface area contributed by atoms with E-state index < -0.39 is 26.8 Å². The molecule has 0 aromatic carbocycles. The summed E-state index contributed by atoms with van der Waals surface area (Å²) in [4.78, 5) is 11.6. The lowest BCUT2D eigenvalue weighted by atomic mass is 10.2. The molecule has 0 aliphatic carbocycles. The van der Waals surface area contributed by atoms with Gasteiger partial charge in [0.1, 0.15) is 4.75 Å². The Kier molecular flexibility index (Phi) is 5.37. The fourth-order valence-electron chi connectivity index (χ4n) is 0.820. The molecular formula is C9H19NO5S. The van der Waals surface area contributed by atoms with Crippen molar-refractivity contribution in [2.24, 2.45) is 0 Å². The second-order valence-electron chi connectivity index (χ2n) is 3.89. The number of ether oxygens (including phenoxy) is 2. The third-order valence-electron chi connectivity index (χ3n) is 2.43. The fraction of sp³-hybridized carbons (Fsp3) is 0.889. The molecule has 0 saturated heterocycles. The molecule has 0 aromatic rings. The maximum absolute atomic E-state index is 11.6. The van der Waals surface area contributed by atoms with E-state index in [1.54, 1.807) is 0 Å². The molecule has 1 amide bonds. The quantitative estimate of drug-likeness (QED) is 0.648. The van der Waals surface area contributed by atoms with Crippen molar-refractivity contribution in [1.29, 1.82) is 0 Å². The van der Waals surface area contributed by atoms with Gasteiger partial charge in [0, 0.05) is 20.5 Å². The molecule has 0 unspecified atom stereocenters. The van der Waals surface area contributed by atoms with Crippen LogP contribution >= 0.6 is 0 Å². The van der Waals surface area contributed by atoms with E-state index in [-0.39, 0.29) is 6.54 Å². The van der Waals surface area contributed by atoms with Crippen molar-refractivity contribution in [3.8, 4) is 0 Å². The Morgan fingerprint density at radius 1 is 1.31 bits per heavy atom. The predicted octanol–water partition coefficient (Wildman–Crippen LogP) is -0.455. The molecule has 6 nitrogen and oxygen atoms in total. The van der Waals surface area contributed by atoms with E-state index in [1.165, 1.54) is 28.1 Å². The van der Waals surface area contributed by atoms with Crippen molar-refractivity contribution in [2.75, 3.05) is 27.0 Å². The van der Waals surface area contributed by atoms with Gasteiger partial charge in [-0.05, 0) is 13.8 Å². The maximum atomic E-state index is 11.6. The Bertz CT molecular complexity index is 332. The lowest BCUT2D eigenvalue weighted by Crippen LogP contribution is -2.49. The number of carbonyl (C=O) groups is 1. The van der Waals surface area contributed by atoms with Crippen LogP contribution in [0.2, 0.25) is 0 Å². The smallest absolute Gasteiger partial charge is 0.241 e. The van der Waals surface area contributed by atoms with Crippen molar-refractivity contribution in [3.05, 3.63) is 0 Å². The summed E-state index contributed by atoms with van der Waals surface area (Å²) in [5.74, 6) is -0.575. The van der Waals surface area contributed by atoms with Crippen LogP contribution in [0.25, 0.3) is 0 Å². The minimum absolute atomic E-state index is 0.102. The highest BCUT2D eigenvalue weighted by molar-refractivity contribution is 7.92. The van der Waals surface area contributed by atoms with Crippen LogP contribution in [0.5, 0.6) is 0 Å². The Labute approximate surface area is 96.2 Å². The molecule has 1 N–H and O–H groups in total. The van der Waals surface area contributed by atoms with Crippen molar-refractivity contribution < 1.29 is 22.7 Å². The average molecular weight is 253 g/mol. The number of sulfone groups is 1. The highest BCUT2D eigenvalue weighted by Crippen LogP contribution is 2.14. The highest BCUT2D eigenvalue weighted by Gasteiger charge is 2.38. The van der Waals surface area contributed by atoms with E-state index in [4.69, 9.17) is 9.47 Å². The van der Waals surface area contributed by atoms with Crippen LogP contribution in [0.3, 0.4) is 0 Å². The Morgan fingerprint density at radius 3 is 2.06 bits per heavy atom. The van der Waals surface area contributed by atoms with E-state index in [2.05, 4.69) is 5.32 Å². The average Bonchev–Trinajstić information content (AvgIpc) is 2.17. The topological polar surface area (TPSA) is 81.7 Å². The molecule has 0 spiro atoms. The zero-order valence-electron chi connectivity index (χ0n) is 10.2. The number of hydrogen-bond acceptors (Lipinski definition) is 5. The van der Waals surface area contributed by atoms with Gasteiger partial charge in [-0.25, -0.2) is 8.42 Å². The van der Waals surface area contributed by atoms with Gasteiger partial charge in [-0.3, -0.25) is 4.79 Å². The monoisotopic (exact) mass is 253 g/mol. The first kappa shape index (κ1) is 15.3. The van der Waals surface area contributed by atoms with Gasteiger partial charge in [-0.2, -0.15) is 0 Å². The van der Waals surface area contributed by atoms with Crippen LogP contribution in [-0.2, 0) is 24.1 Å². The molecule has 7 heteroatoms. The van der Waals surface area contributed by atoms with E-state index in [0.717, 1.165) is 6.26 Å². The fourth-order valence-corrected chi connectivity index (χ4v) is 1.23. The van der Waals surface area contributed by atoms with Crippen LogP contribution < -0.4 is 5.32 Å². The number of amides is 1. The largest absolute Gasteiger partial charge is 0.354 e. The Balaban J connectivity index is 4.49. The molecule has 0 aliphatic heterocycles. The lowest BCUT2D eigenvalue weighted by Gasteiger charge is -2.22. The second kappa shape index (κ2) is 5.60. The summed E-state index contributed by atoms with van der Waals surface area (Å²) in [6, 6.07) is 0. The molecule has 0 heterocycles. The summed E-state index contributed by atoms with van der Waals surface area (Å²) in [5.41, 5.74) is 0. The molecule has 96 valence electrons. The number of rotatable bonds is 6. The van der Waals surface area contributed by atoms with Gasteiger partial charge in [-0.1, -0.05) is 0 Å². The Morgan fingerprint density at radius 2 is 1.75 bits per heavy atom. The standard InChI is InChI=1S/C9H19NO5S/c1-9(2,16(5,12)13)8(11)10-6-7(14-3)15-4/h7H,6H2,1-5H3,(H,10,11). The van der Waals surface area contributed by atoms with Crippen molar-refractivity contribution in [2.45, 2.75) is 24.9 Å². The van der Waals surface area contributed by atoms with E-state index in [9.17, 15) is 13.2 Å². The first-order valence-electron chi connectivity index (χ1n) is 4.70. The summed E-state index contributed by atoms with van der Waals surface area (Å²) in [7, 11) is -0.591. The molecule has 0 fully saturated rings. The zero-order valence-corrected chi connectivity index (χ0v) is 11.1. The number of methoxy groups -OCH3 is 2. The highest BCUT2D eigenvalue weighted by atomic mass is 32.2. The number of hydrogen-bond donors (Lipinski definition) is 1. The van der Waals surface area contributed by atoms with Crippen LogP contribution in [-0.4, -0.2) is 52.4 Å². The number of carbonyl (C=O) groups excluding carboxylic acids is 1. The normalized spacial score (nSPS) is 12.9. The van der Waals surface area contributed by atoms with Gasteiger partial charge >= 0.3 is 0 Å².